The molecule has 0 atom stereocenters. The van der Waals surface area contributed by atoms with Gasteiger partial charge in [0.25, 0.3) is 5.91 Å². The average Bonchev–Trinajstić information content (AvgIpc) is 3.11. The van der Waals surface area contributed by atoms with Crippen molar-refractivity contribution in [1.82, 2.24) is 15.4 Å². The van der Waals surface area contributed by atoms with Gasteiger partial charge in [-0.05, 0) is 30.3 Å². The first-order chi connectivity index (χ1) is 12.5. The van der Waals surface area contributed by atoms with Gasteiger partial charge in [0, 0.05) is 11.1 Å². The number of aromatic nitrogens is 3. The molecule has 0 saturated heterocycles. The highest BCUT2D eigenvalue weighted by atomic mass is 35.5. The molecule has 0 unspecified atom stereocenters. The van der Waals surface area contributed by atoms with E-state index >= 15 is 0 Å². The lowest BCUT2D eigenvalue weighted by atomic mass is 10.1. The standard InChI is InChI=1S/C17H14ClFN4O3/c1-25-13-5-3-9(15-16(17(20)24)22-23-21-15)6-14(13)26-8-10-2-4-11(19)7-12(10)18/h2-7H,8H2,1H3,(H2,20,24)(H,21,22,23). The van der Waals surface area contributed by atoms with Crippen LogP contribution in [0, 0.1) is 5.82 Å². The van der Waals surface area contributed by atoms with Crippen molar-refractivity contribution in [2.24, 2.45) is 5.73 Å². The number of nitrogens with one attached hydrogen (secondary N) is 1. The topological polar surface area (TPSA) is 103 Å². The van der Waals surface area contributed by atoms with Crippen LogP contribution in [0.15, 0.2) is 36.4 Å². The van der Waals surface area contributed by atoms with Crippen molar-refractivity contribution in [2.75, 3.05) is 7.11 Å². The molecule has 26 heavy (non-hydrogen) atoms. The maximum atomic E-state index is 13.1. The van der Waals surface area contributed by atoms with Crippen molar-refractivity contribution >= 4 is 17.5 Å². The summed E-state index contributed by atoms with van der Waals surface area (Å²) in [4.78, 5) is 11.4. The van der Waals surface area contributed by atoms with Crippen LogP contribution in [0.1, 0.15) is 16.1 Å². The normalized spacial score (nSPS) is 10.6. The van der Waals surface area contributed by atoms with Crippen LogP contribution in [-0.4, -0.2) is 28.4 Å². The Morgan fingerprint density at radius 2 is 2.04 bits per heavy atom. The zero-order valence-electron chi connectivity index (χ0n) is 13.6. The van der Waals surface area contributed by atoms with Crippen LogP contribution < -0.4 is 15.2 Å². The van der Waals surface area contributed by atoms with Crippen molar-refractivity contribution in [3.05, 3.63) is 58.5 Å². The highest BCUT2D eigenvalue weighted by molar-refractivity contribution is 6.31. The van der Waals surface area contributed by atoms with E-state index in [1.54, 1.807) is 18.2 Å². The van der Waals surface area contributed by atoms with E-state index in [-0.39, 0.29) is 17.3 Å². The maximum Gasteiger partial charge on any atom is 0.271 e. The number of hydrogen-bond donors (Lipinski definition) is 2. The molecule has 2 aromatic carbocycles. The maximum absolute atomic E-state index is 13.1. The van der Waals surface area contributed by atoms with Crippen molar-refractivity contribution in [2.45, 2.75) is 6.61 Å². The van der Waals surface area contributed by atoms with Gasteiger partial charge in [-0.15, -0.1) is 0 Å². The molecular formula is C17H14ClFN4O3. The highest BCUT2D eigenvalue weighted by Crippen LogP contribution is 2.33. The van der Waals surface area contributed by atoms with Crippen LogP contribution in [0.5, 0.6) is 11.5 Å². The lowest BCUT2D eigenvalue weighted by molar-refractivity contribution is 0.0996. The molecule has 0 aliphatic carbocycles. The van der Waals surface area contributed by atoms with Crippen LogP contribution in [0.4, 0.5) is 4.39 Å². The van der Waals surface area contributed by atoms with Gasteiger partial charge in [0.1, 0.15) is 18.1 Å². The Hall–Kier alpha value is -3.13. The molecule has 0 aliphatic heterocycles. The summed E-state index contributed by atoms with van der Waals surface area (Å²) < 4.78 is 24.2. The van der Waals surface area contributed by atoms with Crippen molar-refractivity contribution in [3.63, 3.8) is 0 Å². The largest absolute Gasteiger partial charge is 0.493 e. The molecule has 1 amide bonds. The smallest absolute Gasteiger partial charge is 0.271 e. The second kappa shape index (κ2) is 7.40. The van der Waals surface area contributed by atoms with E-state index in [9.17, 15) is 9.18 Å². The van der Waals surface area contributed by atoms with Crippen LogP contribution in [0.2, 0.25) is 5.02 Å². The number of carbonyl (C=O) groups is 1. The number of rotatable bonds is 6. The van der Waals surface area contributed by atoms with E-state index in [0.29, 0.717) is 28.3 Å². The van der Waals surface area contributed by atoms with Gasteiger partial charge in [-0.1, -0.05) is 17.7 Å². The number of nitrogens with zero attached hydrogens (tertiary/aromatic N) is 2. The number of nitrogens with two attached hydrogens (primary N) is 1. The van der Waals surface area contributed by atoms with E-state index in [2.05, 4.69) is 15.4 Å². The number of hydrogen-bond acceptors (Lipinski definition) is 5. The molecule has 3 N–H and O–H groups in total. The molecule has 9 heteroatoms. The summed E-state index contributed by atoms with van der Waals surface area (Å²) in [5, 5.41) is 10.3. The lowest BCUT2D eigenvalue weighted by Gasteiger charge is -2.13. The summed E-state index contributed by atoms with van der Waals surface area (Å²) in [5.41, 5.74) is 6.78. The fraction of sp³-hybridized carbons (Fsp3) is 0.118. The SMILES string of the molecule is COc1ccc(-c2n[nH]nc2C(N)=O)cc1OCc1ccc(F)cc1Cl. The summed E-state index contributed by atoms with van der Waals surface area (Å²) in [6, 6.07) is 9.05. The summed E-state index contributed by atoms with van der Waals surface area (Å²) in [7, 11) is 1.50. The number of aromatic amines is 1. The molecule has 0 radical (unpaired) electrons. The molecule has 0 bridgehead atoms. The molecule has 134 valence electrons. The van der Waals surface area contributed by atoms with E-state index < -0.39 is 11.7 Å². The van der Waals surface area contributed by atoms with Gasteiger partial charge in [0.05, 0.1) is 12.1 Å². The quantitative estimate of drug-likeness (QED) is 0.688. The van der Waals surface area contributed by atoms with Crippen molar-refractivity contribution in [3.8, 4) is 22.8 Å². The third-order valence-electron chi connectivity index (χ3n) is 3.62. The van der Waals surface area contributed by atoms with Crippen molar-refractivity contribution in [1.29, 1.82) is 0 Å². The Balaban J connectivity index is 1.90. The van der Waals surface area contributed by atoms with Crippen molar-refractivity contribution < 1.29 is 18.7 Å². The first kappa shape index (κ1) is 17.7. The van der Waals surface area contributed by atoms with Gasteiger partial charge < -0.3 is 15.2 Å². The number of carbonyl (C=O) groups excluding carboxylic acids is 1. The van der Waals surface area contributed by atoms with Crippen LogP contribution >= 0.6 is 11.6 Å². The zero-order chi connectivity index (χ0) is 18.7. The third-order valence-corrected chi connectivity index (χ3v) is 3.97. The molecule has 7 nitrogen and oxygen atoms in total. The number of amides is 1. The van der Waals surface area contributed by atoms with Crippen LogP contribution in [0.25, 0.3) is 11.3 Å². The molecule has 0 spiro atoms. The summed E-state index contributed by atoms with van der Waals surface area (Å²) in [6.07, 6.45) is 0. The Labute approximate surface area is 152 Å². The first-order valence-electron chi connectivity index (χ1n) is 7.45. The monoisotopic (exact) mass is 376 g/mol. The van der Waals surface area contributed by atoms with E-state index in [4.69, 9.17) is 26.8 Å². The molecule has 1 heterocycles. The second-order valence-electron chi connectivity index (χ2n) is 5.28. The predicted molar refractivity (Wildman–Crippen MR) is 92.6 cm³/mol. The van der Waals surface area contributed by atoms with E-state index in [0.717, 1.165) is 0 Å². The van der Waals surface area contributed by atoms with Gasteiger partial charge in [0.2, 0.25) is 0 Å². The summed E-state index contributed by atoms with van der Waals surface area (Å²) >= 11 is 6.01. The molecule has 3 aromatic rings. The van der Waals surface area contributed by atoms with Gasteiger partial charge >= 0.3 is 0 Å². The number of H-pyrrole nitrogens is 1. The Morgan fingerprint density at radius 3 is 2.73 bits per heavy atom. The minimum atomic E-state index is -0.704. The number of methoxy groups -OCH3 is 1. The average molecular weight is 377 g/mol. The third kappa shape index (κ3) is 3.60. The van der Waals surface area contributed by atoms with Gasteiger partial charge in [-0.2, -0.15) is 15.4 Å². The van der Waals surface area contributed by atoms with Gasteiger partial charge in [-0.3, -0.25) is 4.79 Å². The second-order valence-corrected chi connectivity index (χ2v) is 5.68. The Morgan fingerprint density at radius 1 is 1.23 bits per heavy atom. The van der Waals surface area contributed by atoms with Gasteiger partial charge in [0.15, 0.2) is 17.2 Å². The lowest BCUT2D eigenvalue weighted by Crippen LogP contribution is -2.12. The summed E-state index contributed by atoms with van der Waals surface area (Å²) in [6.45, 7) is 0.0976. The number of benzene rings is 2. The van der Waals surface area contributed by atoms with E-state index in [1.807, 2.05) is 0 Å². The van der Waals surface area contributed by atoms with E-state index in [1.165, 1.54) is 25.3 Å². The molecule has 0 aliphatic rings. The predicted octanol–water partition coefficient (Wildman–Crippen LogP) is 2.95. The van der Waals surface area contributed by atoms with Crippen LogP contribution in [-0.2, 0) is 6.61 Å². The zero-order valence-corrected chi connectivity index (χ0v) is 14.4. The Kier molecular flexibility index (Phi) is 5.04. The molecular weight excluding hydrogens is 363 g/mol. The Bertz CT molecular complexity index is 961. The summed E-state index contributed by atoms with van der Waals surface area (Å²) in [5.74, 6) is -0.270. The fourth-order valence-corrected chi connectivity index (χ4v) is 2.56. The number of halogens is 2. The van der Waals surface area contributed by atoms with Gasteiger partial charge in [-0.25, -0.2) is 4.39 Å². The molecule has 0 saturated carbocycles. The highest BCUT2D eigenvalue weighted by Gasteiger charge is 2.17. The number of ether oxygens (including phenoxy) is 2. The van der Waals surface area contributed by atoms with Crippen LogP contribution in [0.3, 0.4) is 0 Å². The first-order valence-corrected chi connectivity index (χ1v) is 7.83. The minimum Gasteiger partial charge on any atom is -0.493 e. The minimum absolute atomic E-state index is 0.0164. The fourth-order valence-electron chi connectivity index (χ4n) is 2.34. The molecule has 1 aromatic heterocycles. The molecule has 3 rings (SSSR count). The number of primary amides is 1. The molecule has 0 fully saturated rings.